The van der Waals surface area contributed by atoms with Crippen molar-refractivity contribution < 1.29 is 9.53 Å². The van der Waals surface area contributed by atoms with Gasteiger partial charge >= 0.3 is 6.03 Å². The van der Waals surface area contributed by atoms with Gasteiger partial charge < -0.3 is 25.6 Å². The van der Waals surface area contributed by atoms with Crippen LogP contribution in [0.25, 0.3) is 10.9 Å². The Labute approximate surface area is 199 Å². The highest BCUT2D eigenvalue weighted by Gasteiger charge is 2.23. The van der Waals surface area contributed by atoms with Gasteiger partial charge in [-0.3, -0.25) is 0 Å². The molecule has 0 radical (unpaired) electrons. The first-order valence-corrected chi connectivity index (χ1v) is 11.6. The number of hydrogen-bond acceptors (Lipinski definition) is 5. The molecule has 1 fully saturated rings. The number of para-hydroxylation sites is 1. The first kappa shape index (κ1) is 23.0. The zero-order chi connectivity index (χ0) is 23.4. The molecule has 0 bridgehead atoms. The summed E-state index contributed by atoms with van der Waals surface area (Å²) in [6, 6.07) is 15.7. The van der Waals surface area contributed by atoms with Crippen molar-refractivity contribution in [1.82, 2.24) is 10.3 Å². The molecule has 1 heterocycles. The van der Waals surface area contributed by atoms with E-state index in [4.69, 9.17) is 21.3 Å². The van der Waals surface area contributed by atoms with E-state index >= 15 is 0 Å². The number of rotatable bonds is 6. The van der Waals surface area contributed by atoms with Gasteiger partial charge in [0.1, 0.15) is 11.6 Å². The molecule has 3 aromatic rings. The van der Waals surface area contributed by atoms with Crippen LogP contribution in [0.1, 0.15) is 25.7 Å². The van der Waals surface area contributed by atoms with Crippen LogP contribution in [0.2, 0.25) is 5.02 Å². The van der Waals surface area contributed by atoms with Crippen LogP contribution in [0, 0.1) is 0 Å². The molecule has 0 atom stereocenters. The zero-order valence-electron chi connectivity index (χ0n) is 19.2. The summed E-state index contributed by atoms with van der Waals surface area (Å²) in [6.07, 6.45) is 3.74. The van der Waals surface area contributed by atoms with E-state index in [9.17, 15) is 4.79 Å². The molecule has 1 saturated carbocycles. The second-order valence-corrected chi connectivity index (χ2v) is 8.99. The highest BCUT2D eigenvalue weighted by molar-refractivity contribution is 6.32. The Kier molecular flexibility index (Phi) is 7.08. The van der Waals surface area contributed by atoms with Gasteiger partial charge in [-0.15, -0.1) is 0 Å². The van der Waals surface area contributed by atoms with Crippen molar-refractivity contribution >= 4 is 45.7 Å². The van der Waals surface area contributed by atoms with E-state index in [-0.39, 0.29) is 12.1 Å². The number of aromatic nitrogens is 1. The Morgan fingerprint density at radius 3 is 2.48 bits per heavy atom. The summed E-state index contributed by atoms with van der Waals surface area (Å²) < 4.78 is 5.15. The number of methoxy groups -OCH3 is 1. The van der Waals surface area contributed by atoms with Crippen molar-refractivity contribution in [2.24, 2.45) is 0 Å². The van der Waals surface area contributed by atoms with Crippen LogP contribution in [-0.2, 0) is 0 Å². The Morgan fingerprint density at radius 2 is 1.79 bits per heavy atom. The predicted molar refractivity (Wildman–Crippen MR) is 136 cm³/mol. The monoisotopic (exact) mass is 467 g/mol. The van der Waals surface area contributed by atoms with Gasteiger partial charge in [0, 0.05) is 49.0 Å². The van der Waals surface area contributed by atoms with Crippen LogP contribution in [0.15, 0.2) is 48.5 Å². The standard InChI is InChI=1S/C25H30ClN5O2/c1-31(2)22-15-24(30-21-7-5-4-6-19(21)22)27-16-8-10-17(11-9-16)28-25(32)29-18-12-13-23(33-3)20(26)14-18/h4-7,12-17H,8-11H2,1-3H3,(H,27,30)(H2,28,29,32)/t16-,17+. The molecule has 8 heteroatoms. The van der Waals surface area contributed by atoms with Gasteiger partial charge in [0.15, 0.2) is 0 Å². The number of carbonyl (C=O) groups excluding carboxylic acids is 1. The third kappa shape index (κ3) is 5.60. The SMILES string of the molecule is COc1ccc(NC(=O)N[C@H]2CC[C@@H](Nc3cc(N(C)C)c4ccccc4n3)CC2)cc1Cl. The number of benzene rings is 2. The summed E-state index contributed by atoms with van der Waals surface area (Å²) in [4.78, 5) is 19.3. The smallest absolute Gasteiger partial charge is 0.319 e. The molecular formula is C25H30ClN5O2. The van der Waals surface area contributed by atoms with Crippen LogP contribution in [0.3, 0.4) is 0 Å². The number of nitrogens with zero attached hydrogens (tertiary/aromatic N) is 2. The highest BCUT2D eigenvalue weighted by Crippen LogP contribution is 2.30. The summed E-state index contributed by atoms with van der Waals surface area (Å²) in [5, 5.41) is 11.1. The number of amides is 2. The third-order valence-corrected chi connectivity index (χ3v) is 6.30. The van der Waals surface area contributed by atoms with Crippen LogP contribution >= 0.6 is 11.6 Å². The van der Waals surface area contributed by atoms with E-state index in [1.54, 1.807) is 25.3 Å². The van der Waals surface area contributed by atoms with E-state index in [1.807, 2.05) is 32.3 Å². The number of pyridine rings is 1. The van der Waals surface area contributed by atoms with E-state index in [0.717, 1.165) is 48.1 Å². The largest absolute Gasteiger partial charge is 0.495 e. The van der Waals surface area contributed by atoms with Crippen molar-refractivity contribution in [3.63, 3.8) is 0 Å². The average Bonchev–Trinajstić information content (AvgIpc) is 2.80. The number of fused-ring (bicyclic) bond motifs is 1. The van der Waals surface area contributed by atoms with Crippen LogP contribution in [-0.4, -0.2) is 44.3 Å². The Bertz CT molecular complexity index is 1130. The van der Waals surface area contributed by atoms with Crippen LogP contribution in [0.4, 0.5) is 22.0 Å². The normalized spacial score (nSPS) is 17.9. The molecule has 1 aliphatic rings. The summed E-state index contributed by atoms with van der Waals surface area (Å²) in [5.41, 5.74) is 2.76. The highest BCUT2D eigenvalue weighted by atomic mass is 35.5. The van der Waals surface area contributed by atoms with Gasteiger partial charge in [-0.25, -0.2) is 9.78 Å². The molecule has 174 valence electrons. The maximum atomic E-state index is 12.4. The Balaban J connectivity index is 1.31. The molecule has 4 rings (SSSR count). The topological polar surface area (TPSA) is 78.5 Å². The average molecular weight is 468 g/mol. The number of anilines is 3. The fraction of sp³-hybridized carbons (Fsp3) is 0.360. The molecule has 2 amide bonds. The summed E-state index contributed by atoms with van der Waals surface area (Å²) >= 11 is 6.14. The number of carbonyl (C=O) groups is 1. The summed E-state index contributed by atoms with van der Waals surface area (Å²) in [5.74, 6) is 1.47. The van der Waals surface area contributed by atoms with Gasteiger partial charge in [-0.05, 0) is 49.9 Å². The summed E-state index contributed by atoms with van der Waals surface area (Å²) in [7, 11) is 5.66. The van der Waals surface area contributed by atoms with Crippen molar-refractivity contribution in [2.75, 3.05) is 36.7 Å². The minimum Gasteiger partial charge on any atom is -0.495 e. The molecule has 7 nitrogen and oxygen atoms in total. The lowest BCUT2D eigenvalue weighted by Gasteiger charge is -2.30. The molecule has 0 spiro atoms. The molecule has 1 aliphatic carbocycles. The van der Waals surface area contributed by atoms with Gasteiger partial charge in [0.2, 0.25) is 0 Å². The molecule has 33 heavy (non-hydrogen) atoms. The number of halogens is 1. The first-order chi connectivity index (χ1) is 15.9. The van der Waals surface area contributed by atoms with Crippen molar-refractivity contribution in [1.29, 1.82) is 0 Å². The molecule has 2 aromatic carbocycles. The maximum absolute atomic E-state index is 12.4. The van der Waals surface area contributed by atoms with E-state index < -0.39 is 0 Å². The van der Waals surface area contributed by atoms with E-state index in [0.29, 0.717) is 22.5 Å². The lowest BCUT2D eigenvalue weighted by Crippen LogP contribution is -2.42. The second kappa shape index (κ2) is 10.2. The fourth-order valence-corrected chi connectivity index (χ4v) is 4.55. The number of nitrogens with one attached hydrogen (secondary N) is 3. The van der Waals surface area contributed by atoms with E-state index in [2.05, 4.69) is 33.0 Å². The number of urea groups is 1. The van der Waals surface area contributed by atoms with Gasteiger partial charge in [0.05, 0.1) is 17.6 Å². The van der Waals surface area contributed by atoms with Gasteiger partial charge in [-0.1, -0.05) is 29.8 Å². The van der Waals surface area contributed by atoms with Crippen LogP contribution < -0.4 is 25.6 Å². The molecule has 3 N–H and O–H groups in total. The van der Waals surface area contributed by atoms with Gasteiger partial charge in [-0.2, -0.15) is 0 Å². The molecule has 0 aliphatic heterocycles. The van der Waals surface area contributed by atoms with Gasteiger partial charge in [0.25, 0.3) is 0 Å². The maximum Gasteiger partial charge on any atom is 0.319 e. The van der Waals surface area contributed by atoms with E-state index in [1.165, 1.54) is 0 Å². The van der Waals surface area contributed by atoms with Crippen LogP contribution in [0.5, 0.6) is 5.75 Å². The fourth-order valence-electron chi connectivity index (χ4n) is 4.29. The van der Waals surface area contributed by atoms with Crippen molar-refractivity contribution in [2.45, 2.75) is 37.8 Å². The minimum absolute atomic E-state index is 0.138. The van der Waals surface area contributed by atoms with Crippen molar-refractivity contribution in [3.05, 3.63) is 53.6 Å². The quantitative estimate of drug-likeness (QED) is 0.445. The Hall–Kier alpha value is -3.19. The van der Waals surface area contributed by atoms with Crippen molar-refractivity contribution in [3.8, 4) is 5.75 Å². The first-order valence-electron chi connectivity index (χ1n) is 11.2. The minimum atomic E-state index is -0.223. The lowest BCUT2D eigenvalue weighted by molar-refractivity contribution is 0.243. The predicted octanol–water partition coefficient (Wildman–Crippen LogP) is 5.51. The third-order valence-electron chi connectivity index (χ3n) is 6.00. The number of hydrogen-bond donors (Lipinski definition) is 3. The summed E-state index contributed by atoms with van der Waals surface area (Å²) in [6.45, 7) is 0. The number of ether oxygens (including phenoxy) is 1. The molecule has 0 saturated heterocycles. The Morgan fingerprint density at radius 1 is 1.06 bits per heavy atom. The zero-order valence-corrected chi connectivity index (χ0v) is 19.9. The lowest BCUT2D eigenvalue weighted by atomic mass is 9.91. The second-order valence-electron chi connectivity index (χ2n) is 8.58. The molecule has 0 unspecified atom stereocenters. The molecule has 1 aromatic heterocycles. The molecular weight excluding hydrogens is 438 g/mol.